The van der Waals surface area contributed by atoms with Crippen molar-refractivity contribution in [3.8, 4) is 0 Å². The lowest BCUT2D eigenvalue weighted by atomic mass is 10.1. The fraction of sp³-hybridized carbons (Fsp3) is 0.292. The molecular weight excluding hydrogens is 424 g/mol. The van der Waals surface area contributed by atoms with E-state index < -0.39 is 16.1 Å². The highest BCUT2D eigenvalue weighted by Gasteiger charge is 2.25. The molecule has 1 amide bonds. The molecule has 3 aromatic rings. The van der Waals surface area contributed by atoms with E-state index in [-0.39, 0.29) is 10.8 Å². The second-order valence-corrected chi connectivity index (χ2v) is 9.61. The smallest absolute Gasteiger partial charge is 0.241 e. The molecule has 0 saturated carbocycles. The number of nitrogens with two attached hydrogens (primary N) is 1. The van der Waals surface area contributed by atoms with Crippen LogP contribution in [0, 0.1) is 0 Å². The summed E-state index contributed by atoms with van der Waals surface area (Å²) in [5, 5.41) is 4.57. The Morgan fingerprint density at radius 3 is 2.38 bits per heavy atom. The number of hydrogen-bond acceptors (Lipinski definition) is 5. The Hall–Kier alpha value is -2.94. The molecule has 0 bridgehead atoms. The Morgan fingerprint density at radius 2 is 1.69 bits per heavy atom. The Morgan fingerprint density at radius 1 is 1.00 bits per heavy atom. The van der Waals surface area contributed by atoms with Crippen LogP contribution in [0.1, 0.15) is 18.4 Å². The van der Waals surface area contributed by atoms with Crippen molar-refractivity contribution in [1.82, 2.24) is 10.0 Å². The van der Waals surface area contributed by atoms with Crippen LogP contribution in [0.25, 0.3) is 10.8 Å². The van der Waals surface area contributed by atoms with Crippen molar-refractivity contribution >= 4 is 32.4 Å². The highest BCUT2D eigenvalue weighted by atomic mass is 32.2. The first-order valence-corrected chi connectivity index (χ1v) is 12.0. The molecule has 0 saturated heterocycles. The van der Waals surface area contributed by atoms with Gasteiger partial charge in [0.15, 0.2) is 0 Å². The first kappa shape index (κ1) is 23.7. The summed E-state index contributed by atoms with van der Waals surface area (Å²) in [5.41, 5.74) is 7.57. The van der Waals surface area contributed by atoms with Gasteiger partial charge in [0.2, 0.25) is 15.9 Å². The van der Waals surface area contributed by atoms with Gasteiger partial charge in [-0.15, -0.1) is 0 Å². The number of carbonyl (C=O) groups is 1. The number of anilines is 1. The first-order valence-electron chi connectivity index (χ1n) is 10.6. The van der Waals surface area contributed by atoms with Crippen LogP contribution in [0.5, 0.6) is 0 Å². The van der Waals surface area contributed by atoms with Crippen LogP contribution in [0.3, 0.4) is 0 Å². The van der Waals surface area contributed by atoms with E-state index in [1.807, 2.05) is 67.5 Å². The summed E-state index contributed by atoms with van der Waals surface area (Å²) in [6, 6.07) is 19.4. The van der Waals surface area contributed by atoms with Crippen molar-refractivity contribution < 1.29 is 13.2 Å². The fourth-order valence-corrected chi connectivity index (χ4v) is 4.65. The number of sulfonamides is 1. The molecule has 1 atom stereocenters. The minimum Gasteiger partial charge on any atom is -0.378 e. The summed E-state index contributed by atoms with van der Waals surface area (Å²) in [6.45, 7) is 0.694. The third kappa shape index (κ3) is 6.06. The Balaban J connectivity index is 1.78. The zero-order chi connectivity index (χ0) is 23.1. The van der Waals surface area contributed by atoms with Crippen molar-refractivity contribution in [1.29, 1.82) is 0 Å². The van der Waals surface area contributed by atoms with Gasteiger partial charge in [0, 0.05) is 26.3 Å². The summed E-state index contributed by atoms with van der Waals surface area (Å²) in [4.78, 5) is 14.9. The van der Waals surface area contributed by atoms with Gasteiger partial charge in [-0.05, 0) is 60.0 Å². The van der Waals surface area contributed by atoms with Crippen molar-refractivity contribution in [3.63, 3.8) is 0 Å². The molecule has 0 aromatic heterocycles. The molecule has 4 N–H and O–H groups in total. The van der Waals surface area contributed by atoms with Crippen molar-refractivity contribution in [2.75, 3.05) is 25.5 Å². The van der Waals surface area contributed by atoms with Crippen LogP contribution in [-0.4, -0.2) is 41.0 Å². The van der Waals surface area contributed by atoms with E-state index in [0.29, 0.717) is 25.9 Å². The van der Waals surface area contributed by atoms with Gasteiger partial charge >= 0.3 is 0 Å². The molecule has 32 heavy (non-hydrogen) atoms. The molecular formula is C24H30N4O3S. The lowest BCUT2D eigenvalue weighted by Gasteiger charge is -2.19. The number of rotatable bonds is 10. The van der Waals surface area contributed by atoms with Gasteiger partial charge in [-0.2, -0.15) is 4.72 Å². The van der Waals surface area contributed by atoms with E-state index in [1.165, 1.54) is 0 Å². The lowest BCUT2D eigenvalue weighted by molar-refractivity contribution is -0.123. The molecule has 3 rings (SSSR count). The number of amides is 1. The van der Waals surface area contributed by atoms with E-state index in [1.54, 1.807) is 18.2 Å². The van der Waals surface area contributed by atoms with Gasteiger partial charge in [0.25, 0.3) is 0 Å². The Bertz CT molecular complexity index is 1160. The zero-order valence-corrected chi connectivity index (χ0v) is 19.2. The first-order chi connectivity index (χ1) is 15.3. The van der Waals surface area contributed by atoms with E-state index in [2.05, 4.69) is 10.0 Å². The molecule has 0 radical (unpaired) electrons. The maximum Gasteiger partial charge on any atom is 0.241 e. The predicted molar refractivity (Wildman–Crippen MR) is 129 cm³/mol. The van der Waals surface area contributed by atoms with Crippen LogP contribution in [0.4, 0.5) is 5.69 Å². The molecule has 0 aliphatic carbocycles. The third-order valence-electron chi connectivity index (χ3n) is 5.24. The minimum atomic E-state index is -3.90. The zero-order valence-electron chi connectivity index (χ0n) is 18.4. The summed E-state index contributed by atoms with van der Waals surface area (Å²) < 4.78 is 28.7. The maximum absolute atomic E-state index is 13.1. The quantitative estimate of drug-likeness (QED) is 0.437. The van der Waals surface area contributed by atoms with E-state index in [0.717, 1.165) is 22.0 Å². The van der Waals surface area contributed by atoms with Crippen molar-refractivity contribution in [2.45, 2.75) is 30.3 Å². The van der Waals surface area contributed by atoms with Crippen molar-refractivity contribution in [2.24, 2.45) is 5.73 Å². The maximum atomic E-state index is 13.1. The highest BCUT2D eigenvalue weighted by molar-refractivity contribution is 7.89. The normalized spacial score (nSPS) is 12.5. The molecule has 0 aliphatic rings. The summed E-state index contributed by atoms with van der Waals surface area (Å²) in [6.07, 6.45) is 0.840. The van der Waals surface area contributed by atoms with Crippen LogP contribution >= 0.6 is 0 Å². The van der Waals surface area contributed by atoms with Gasteiger partial charge in [0.1, 0.15) is 6.04 Å². The monoisotopic (exact) mass is 454 g/mol. The Kier molecular flexibility index (Phi) is 7.84. The molecule has 8 heteroatoms. The number of carbonyl (C=O) groups excluding carboxylic acids is 1. The third-order valence-corrected chi connectivity index (χ3v) is 6.71. The summed E-state index contributed by atoms with van der Waals surface area (Å²) >= 11 is 0. The van der Waals surface area contributed by atoms with E-state index in [9.17, 15) is 13.2 Å². The molecule has 0 spiro atoms. The van der Waals surface area contributed by atoms with Crippen LogP contribution in [0.15, 0.2) is 71.6 Å². The van der Waals surface area contributed by atoms with E-state index in [4.69, 9.17) is 5.73 Å². The Labute approximate surface area is 189 Å². The van der Waals surface area contributed by atoms with E-state index >= 15 is 0 Å². The lowest BCUT2D eigenvalue weighted by Crippen LogP contribution is -2.46. The van der Waals surface area contributed by atoms with Crippen LogP contribution in [-0.2, 0) is 21.4 Å². The van der Waals surface area contributed by atoms with Crippen molar-refractivity contribution in [3.05, 3.63) is 72.3 Å². The van der Waals surface area contributed by atoms with Gasteiger partial charge in [-0.3, -0.25) is 4.79 Å². The SMILES string of the molecule is CN(C)c1ccc2cc(S(=O)(=O)N[C@@H](CCCN)C(=O)NCc3ccccc3)ccc2c1. The second-order valence-electron chi connectivity index (χ2n) is 7.90. The topological polar surface area (TPSA) is 105 Å². The number of fused-ring (bicyclic) bond motifs is 1. The number of hydrogen-bond donors (Lipinski definition) is 3. The average molecular weight is 455 g/mol. The molecule has 0 unspecified atom stereocenters. The number of nitrogens with zero attached hydrogens (tertiary/aromatic N) is 1. The molecule has 3 aromatic carbocycles. The number of benzene rings is 3. The minimum absolute atomic E-state index is 0.121. The highest BCUT2D eigenvalue weighted by Crippen LogP contribution is 2.24. The molecule has 7 nitrogen and oxygen atoms in total. The second kappa shape index (κ2) is 10.6. The van der Waals surface area contributed by atoms with Gasteiger partial charge in [0.05, 0.1) is 4.90 Å². The molecule has 170 valence electrons. The molecule has 0 fully saturated rings. The number of nitrogens with one attached hydrogen (secondary N) is 2. The van der Waals surface area contributed by atoms with Gasteiger partial charge in [-0.25, -0.2) is 8.42 Å². The van der Waals surface area contributed by atoms with Crippen LogP contribution in [0.2, 0.25) is 0 Å². The summed E-state index contributed by atoms with van der Waals surface area (Å²) in [7, 11) is 0.00737. The molecule has 0 aliphatic heterocycles. The fourth-order valence-electron chi connectivity index (χ4n) is 3.39. The average Bonchev–Trinajstić information content (AvgIpc) is 2.80. The largest absolute Gasteiger partial charge is 0.378 e. The standard InChI is InChI=1S/C24H30N4O3S/c1-28(2)21-12-10-20-16-22(13-11-19(20)15-21)32(30,31)27-23(9-6-14-25)24(29)26-17-18-7-4-3-5-8-18/h3-5,7-8,10-13,15-16,23,27H,6,9,14,17,25H2,1-2H3,(H,26,29)/t23-/m0/s1. The van der Waals surface area contributed by atoms with Crippen LogP contribution < -0.4 is 20.7 Å². The van der Waals surface area contributed by atoms with Gasteiger partial charge in [-0.1, -0.05) is 42.5 Å². The predicted octanol–water partition coefficient (Wildman–Crippen LogP) is 2.61. The van der Waals surface area contributed by atoms with Gasteiger partial charge < -0.3 is 16.0 Å². The molecule has 0 heterocycles. The summed E-state index contributed by atoms with van der Waals surface area (Å²) in [5.74, 6) is -0.373.